The van der Waals surface area contributed by atoms with Gasteiger partial charge < -0.3 is 14.7 Å². The number of carboxylic acid groups (broad SMARTS) is 1. The van der Waals surface area contributed by atoms with Crippen LogP contribution < -0.4 is 0 Å². The molecule has 0 unspecified atom stereocenters. The van der Waals surface area contributed by atoms with Crippen LogP contribution in [0.25, 0.3) is 0 Å². The monoisotopic (exact) mass is 277 g/mol. The van der Waals surface area contributed by atoms with Crippen LogP contribution in [0.5, 0.6) is 0 Å². The lowest BCUT2D eigenvalue weighted by Crippen LogP contribution is -2.33. The lowest BCUT2D eigenvalue weighted by Gasteiger charge is -2.28. The summed E-state index contributed by atoms with van der Waals surface area (Å²) in [5, 5.41) is 9.39. The second-order valence-electron chi connectivity index (χ2n) is 5.03. The molecule has 20 heavy (non-hydrogen) atoms. The number of hydrogen-bond donors (Lipinski definition) is 1. The highest BCUT2D eigenvalue weighted by molar-refractivity contribution is 5.87. The molecule has 1 aromatic carbocycles. The minimum atomic E-state index is -0.925. The molecule has 2 atom stereocenters. The number of carboxylic acids is 1. The Kier molecular flexibility index (Phi) is 4.39. The van der Waals surface area contributed by atoms with E-state index in [0.29, 0.717) is 13.2 Å². The quantitative estimate of drug-likeness (QED) is 0.888. The van der Waals surface area contributed by atoms with Crippen LogP contribution in [0.15, 0.2) is 24.3 Å². The number of amides is 1. The summed E-state index contributed by atoms with van der Waals surface area (Å²) in [7, 11) is 1.57. The van der Waals surface area contributed by atoms with Crippen molar-refractivity contribution in [3.05, 3.63) is 35.4 Å². The van der Waals surface area contributed by atoms with E-state index in [4.69, 9.17) is 4.74 Å². The number of carbonyl (C=O) groups is 2. The first kappa shape index (κ1) is 14.5. The Labute approximate surface area is 118 Å². The van der Waals surface area contributed by atoms with Gasteiger partial charge >= 0.3 is 5.97 Å². The maximum atomic E-state index is 12.1. The van der Waals surface area contributed by atoms with E-state index in [0.717, 1.165) is 11.1 Å². The third-order valence-corrected chi connectivity index (χ3v) is 3.79. The molecule has 1 saturated heterocycles. The topological polar surface area (TPSA) is 66.8 Å². The molecule has 1 N–H and O–H groups in total. The standard InChI is InChI=1S/C15H19NO4/c1-10-5-3-4-6-11(10)14-12(15(18)19)9-13(17)16(14)7-8-20-2/h3-6,12,14H,7-9H2,1-2H3,(H,18,19)/t12-,14-/m1/s1. The molecule has 1 amide bonds. The molecule has 0 radical (unpaired) electrons. The molecule has 108 valence electrons. The first-order chi connectivity index (χ1) is 9.56. The maximum Gasteiger partial charge on any atom is 0.309 e. The predicted octanol–water partition coefficient (Wildman–Crippen LogP) is 1.62. The average molecular weight is 277 g/mol. The Morgan fingerprint density at radius 3 is 2.75 bits per heavy atom. The zero-order valence-electron chi connectivity index (χ0n) is 11.7. The van der Waals surface area contributed by atoms with E-state index in [-0.39, 0.29) is 12.3 Å². The first-order valence-corrected chi connectivity index (χ1v) is 6.63. The van der Waals surface area contributed by atoms with Gasteiger partial charge in [-0.1, -0.05) is 24.3 Å². The summed E-state index contributed by atoms with van der Waals surface area (Å²) in [6.07, 6.45) is 0.0536. The van der Waals surface area contributed by atoms with Gasteiger partial charge in [0.15, 0.2) is 0 Å². The zero-order chi connectivity index (χ0) is 14.7. The molecular weight excluding hydrogens is 258 g/mol. The van der Waals surface area contributed by atoms with Gasteiger partial charge in [0.1, 0.15) is 0 Å². The number of carbonyl (C=O) groups excluding carboxylic acids is 1. The fraction of sp³-hybridized carbons (Fsp3) is 0.467. The number of methoxy groups -OCH3 is 1. The SMILES string of the molecule is COCCN1C(=O)C[C@@H](C(=O)O)[C@H]1c1ccccc1C. The molecule has 1 heterocycles. The second kappa shape index (κ2) is 6.05. The van der Waals surface area contributed by atoms with E-state index in [2.05, 4.69) is 0 Å². The second-order valence-corrected chi connectivity index (χ2v) is 5.03. The predicted molar refractivity (Wildman–Crippen MR) is 73.3 cm³/mol. The summed E-state index contributed by atoms with van der Waals surface area (Å²) < 4.78 is 5.02. The van der Waals surface area contributed by atoms with Gasteiger partial charge in [-0.15, -0.1) is 0 Å². The van der Waals surface area contributed by atoms with E-state index >= 15 is 0 Å². The lowest BCUT2D eigenvalue weighted by atomic mass is 9.91. The summed E-state index contributed by atoms with van der Waals surface area (Å²) in [5.74, 6) is -1.74. The van der Waals surface area contributed by atoms with E-state index in [1.807, 2.05) is 31.2 Å². The summed E-state index contributed by atoms with van der Waals surface area (Å²) >= 11 is 0. The lowest BCUT2D eigenvalue weighted by molar-refractivity contribution is -0.142. The Hall–Kier alpha value is -1.88. The van der Waals surface area contributed by atoms with Crippen LogP contribution in [0, 0.1) is 12.8 Å². The number of aliphatic carboxylic acids is 1. The van der Waals surface area contributed by atoms with Crippen molar-refractivity contribution >= 4 is 11.9 Å². The largest absolute Gasteiger partial charge is 0.481 e. The molecule has 0 aromatic heterocycles. The zero-order valence-corrected chi connectivity index (χ0v) is 11.7. The van der Waals surface area contributed by atoms with Crippen LogP contribution in [-0.4, -0.2) is 42.1 Å². The molecular formula is C15H19NO4. The Balaban J connectivity index is 2.38. The van der Waals surface area contributed by atoms with Crippen molar-refractivity contribution in [2.75, 3.05) is 20.3 Å². The van der Waals surface area contributed by atoms with E-state index in [1.54, 1.807) is 12.0 Å². The minimum Gasteiger partial charge on any atom is -0.481 e. The first-order valence-electron chi connectivity index (χ1n) is 6.63. The van der Waals surface area contributed by atoms with E-state index in [9.17, 15) is 14.7 Å². The van der Waals surface area contributed by atoms with Crippen LogP contribution in [0.2, 0.25) is 0 Å². The number of rotatable bonds is 5. The number of ether oxygens (including phenoxy) is 1. The number of benzene rings is 1. The van der Waals surface area contributed by atoms with Gasteiger partial charge in [0, 0.05) is 20.1 Å². The van der Waals surface area contributed by atoms with Crippen molar-refractivity contribution in [1.29, 1.82) is 0 Å². The van der Waals surface area contributed by atoms with Gasteiger partial charge in [-0.2, -0.15) is 0 Å². The number of likely N-dealkylation sites (tertiary alicyclic amines) is 1. The Morgan fingerprint density at radius 2 is 2.15 bits per heavy atom. The van der Waals surface area contributed by atoms with Crippen LogP contribution in [0.3, 0.4) is 0 Å². The van der Waals surface area contributed by atoms with Gasteiger partial charge in [0.2, 0.25) is 5.91 Å². The molecule has 0 spiro atoms. The van der Waals surface area contributed by atoms with Gasteiger partial charge in [0.05, 0.1) is 18.6 Å². The number of nitrogens with zero attached hydrogens (tertiary/aromatic N) is 1. The summed E-state index contributed by atoms with van der Waals surface area (Å²) in [6.45, 7) is 2.75. The van der Waals surface area contributed by atoms with Crippen molar-refractivity contribution in [3.63, 3.8) is 0 Å². The van der Waals surface area contributed by atoms with Gasteiger partial charge in [-0.25, -0.2) is 0 Å². The highest BCUT2D eigenvalue weighted by Crippen LogP contribution is 2.39. The molecule has 1 aliphatic heterocycles. The molecule has 1 fully saturated rings. The van der Waals surface area contributed by atoms with Crippen LogP contribution in [0.4, 0.5) is 0 Å². The molecule has 0 bridgehead atoms. The van der Waals surface area contributed by atoms with Gasteiger partial charge in [-0.3, -0.25) is 9.59 Å². The highest BCUT2D eigenvalue weighted by atomic mass is 16.5. The summed E-state index contributed by atoms with van der Waals surface area (Å²) in [4.78, 5) is 25.2. The molecule has 5 nitrogen and oxygen atoms in total. The maximum absolute atomic E-state index is 12.1. The van der Waals surface area contributed by atoms with Crippen molar-refractivity contribution in [2.24, 2.45) is 5.92 Å². The third kappa shape index (κ3) is 2.67. The fourth-order valence-electron chi connectivity index (χ4n) is 2.77. The van der Waals surface area contributed by atoms with Crippen LogP contribution >= 0.6 is 0 Å². The Morgan fingerprint density at radius 1 is 1.45 bits per heavy atom. The third-order valence-electron chi connectivity index (χ3n) is 3.79. The highest BCUT2D eigenvalue weighted by Gasteiger charge is 2.44. The van der Waals surface area contributed by atoms with Crippen molar-refractivity contribution in [1.82, 2.24) is 4.90 Å². The van der Waals surface area contributed by atoms with Crippen LogP contribution in [0.1, 0.15) is 23.6 Å². The normalized spacial score (nSPS) is 22.3. The van der Waals surface area contributed by atoms with E-state index in [1.165, 1.54) is 0 Å². The molecule has 2 rings (SSSR count). The van der Waals surface area contributed by atoms with E-state index < -0.39 is 17.9 Å². The Bertz CT molecular complexity index is 514. The van der Waals surface area contributed by atoms with Crippen molar-refractivity contribution < 1.29 is 19.4 Å². The van der Waals surface area contributed by atoms with Crippen molar-refractivity contribution in [3.8, 4) is 0 Å². The van der Waals surface area contributed by atoms with Crippen LogP contribution in [-0.2, 0) is 14.3 Å². The summed E-state index contributed by atoms with van der Waals surface area (Å²) in [5.41, 5.74) is 1.91. The number of aryl methyl sites for hydroxylation is 1. The summed E-state index contributed by atoms with van der Waals surface area (Å²) in [6, 6.07) is 7.21. The van der Waals surface area contributed by atoms with Gasteiger partial charge in [-0.05, 0) is 18.1 Å². The van der Waals surface area contributed by atoms with Gasteiger partial charge in [0.25, 0.3) is 0 Å². The van der Waals surface area contributed by atoms with Crippen molar-refractivity contribution in [2.45, 2.75) is 19.4 Å². The molecule has 5 heteroatoms. The smallest absolute Gasteiger partial charge is 0.309 e. The molecule has 1 aliphatic rings. The minimum absolute atomic E-state index is 0.0536. The molecule has 0 saturated carbocycles. The molecule has 1 aromatic rings. The molecule has 0 aliphatic carbocycles. The average Bonchev–Trinajstić information content (AvgIpc) is 2.74. The number of hydrogen-bond acceptors (Lipinski definition) is 3. The fourth-order valence-corrected chi connectivity index (χ4v) is 2.77.